The van der Waals surface area contributed by atoms with Crippen molar-refractivity contribution in [3.8, 4) is 0 Å². The number of ketones is 1. The van der Waals surface area contributed by atoms with E-state index in [0.29, 0.717) is 24.8 Å². The molecular formula is C24H22O4. The van der Waals surface area contributed by atoms with Crippen LogP contribution in [0.5, 0.6) is 0 Å². The molecule has 0 N–H and O–H groups in total. The summed E-state index contributed by atoms with van der Waals surface area (Å²) in [4.78, 5) is 25.0. The van der Waals surface area contributed by atoms with Crippen LogP contribution in [0, 0.1) is 5.92 Å². The molecule has 0 amide bonds. The van der Waals surface area contributed by atoms with E-state index in [0.717, 1.165) is 11.1 Å². The molecule has 2 aromatic carbocycles. The Morgan fingerprint density at radius 1 is 1.00 bits per heavy atom. The van der Waals surface area contributed by atoms with E-state index in [1.54, 1.807) is 12.3 Å². The zero-order valence-corrected chi connectivity index (χ0v) is 15.5. The maximum absolute atomic E-state index is 12.9. The van der Waals surface area contributed by atoms with Gasteiger partial charge in [0.2, 0.25) is 0 Å². The highest BCUT2D eigenvalue weighted by Crippen LogP contribution is 2.37. The van der Waals surface area contributed by atoms with Gasteiger partial charge in [-0.25, -0.2) is 4.79 Å². The third kappa shape index (κ3) is 4.06. The number of rotatable bonds is 4. The van der Waals surface area contributed by atoms with Crippen LogP contribution in [0.15, 0.2) is 73.0 Å². The van der Waals surface area contributed by atoms with Crippen molar-refractivity contribution in [1.29, 1.82) is 0 Å². The van der Waals surface area contributed by atoms with Crippen molar-refractivity contribution < 1.29 is 19.1 Å². The van der Waals surface area contributed by atoms with Gasteiger partial charge in [-0.3, -0.25) is 4.79 Å². The molecule has 2 aromatic rings. The van der Waals surface area contributed by atoms with Gasteiger partial charge in [0, 0.05) is 12.5 Å². The van der Waals surface area contributed by atoms with Crippen molar-refractivity contribution in [3.63, 3.8) is 0 Å². The Hall–Kier alpha value is -3.14. The quantitative estimate of drug-likeness (QED) is 0.587. The van der Waals surface area contributed by atoms with Crippen LogP contribution >= 0.6 is 0 Å². The maximum Gasteiger partial charge on any atom is 0.331 e. The Balaban J connectivity index is 1.37. The first-order chi connectivity index (χ1) is 13.7. The summed E-state index contributed by atoms with van der Waals surface area (Å²) in [5, 5.41) is 0. The number of hydrogen-bond acceptors (Lipinski definition) is 4. The van der Waals surface area contributed by atoms with Crippen LogP contribution in [0.3, 0.4) is 0 Å². The number of fused-ring (bicyclic) bond motifs is 1. The van der Waals surface area contributed by atoms with Crippen molar-refractivity contribution in [3.05, 3.63) is 84.1 Å². The van der Waals surface area contributed by atoms with Crippen molar-refractivity contribution in [1.82, 2.24) is 0 Å². The molecule has 2 aliphatic rings. The normalized spacial score (nSPS) is 24.2. The number of allylic oxidation sites excluding steroid dienone is 1. The van der Waals surface area contributed by atoms with Crippen LogP contribution in [-0.2, 0) is 19.1 Å². The number of benzene rings is 2. The summed E-state index contributed by atoms with van der Waals surface area (Å²) in [6, 6.07) is 19.2. The molecule has 0 saturated heterocycles. The van der Waals surface area contributed by atoms with E-state index in [1.165, 1.54) is 6.08 Å². The van der Waals surface area contributed by atoms with E-state index >= 15 is 0 Å². The first-order valence-corrected chi connectivity index (χ1v) is 9.60. The Morgan fingerprint density at radius 3 is 2.46 bits per heavy atom. The third-order valence-electron chi connectivity index (χ3n) is 5.29. The molecular weight excluding hydrogens is 352 g/mol. The average molecular weight is 374 g/mol. The number of esters is 1. The minimum absolute atomic E-state index is 0.121. The number of carbonyl (C=O) groups excluding carboxylic acids is 2. The SMILES string of the molecule is O=C(/C=C/c1ccccc1)OC1CCC2C(=O)C(c3ccccc3)=COC2C1. The topological polar surface area (TPSA) is 52.6 Å². The monoisotopic (exact) mass is 374 g/mol. The summed E-state index contributed by atoms with van der Waals surface area (Å²) in [7, 11) is 0. The van der Waals surface area contributed by atoms with Gasteiger partial charge in [0.1, 0.15) is 12.2 Å². The van der Waals surface area contributed by atoms with Gasteiger partial charge >= 0.3 is 5.97 Å². The number of Topliss-reactive ketones (excluding diaryl/α,β-unsaturated/α-hetero) is 1. The van der Waals surface area contributed by atoms with Crippen LogP contribution in [0.1, 0.15) is 30.4 Å². The average Bonchev–Trinajstić information content (AvgIpc) is 2.74. The highest BCUT2D eigenvalue weighted by molar-refractivity contribution is 6.22. The van der Waals surface area contributed by atoms with Crippen molar-refractivity contribution in [2.45, 2.75) is 31.5 Å². The zero-order valence-electron chi connectivity index (χ0n) is 15.5. The molecule has 0 bridgehead atoms. The summed E-state index contributed by atoms with van der Waals surface area (Å²) in [5.41, 5.74) is 2.46. The molecule has 1 heterocycles. The van der Waals surface area contributed by atoms with Gasteiger partial charge < -0.3 is 9.47 Å². The van der Waals surface area contributed by atoms with E-state index in [1.807, 2.05) is 60.7 Å². The van der Waals surface area contributed by atoms with Gasteiger partial charge in [-0.15, -0.1) is 0 Å². The molecule has 0 spiro atoms. The fourth-order valence-corrected chi connectivity index (χ4v) is 3.82. The van der Waals surface area contributed by atoms with Crippen molar-refractivity contribution in [2.75, 3.05) is 0 Å². The van der Waals surface area contributed by atoms with Gasteiger partial charge in [-0.2, -0.15) is 0 Å². The molecule has 1 fully saturated rings. The zero-order chi connectivity index (χ0) is 19.3. The Kier molecular flexibility index (Phi) is 5.38. The van der Waals surface area contributed by atoms with Crippen molar-refractivity contribution >= 4 is 23.4 Å². The molecule has 1 saturated carbocycles. The lowest BCUT2D eigenvalue weighted by Crippen LogP contribution is -2.41. The van der Waals surface area contributed by atoms with Crippen LogP contribution in [0.25, 0.3) is 11.6 Å². The Labute approximate surface area is 164 Å². The van der Waals surface area contributed by atoms with Gasteiger partial charge in [0.15, 0.2) is 5.78 Å². The molecule has 0 aromatic heterocycles. The second-order valence-electron chi connectivity index (χ2n) is 7.16. The molecule has 4 rings (SSSR count). The largest absolute Gasteiger partial charge is 0.496 e. The first-order valence-electron chi connectivity index (χ1n) is 9.60. The fraction of sp³-hybridized carbons (Fsp3) is 0.250. The predicted molar refractivity (Wildman–Crippen MR) is 107 cm³/mol. The fourth-order valence-electron chi connectivity index (χ4n) is 3.82. The van der Waals surface area contributed by atoms with Crippen LogP contribution in [0.2, 0.25) is 0 Å². The Bertz CT molecular complexity index is 899. The van der Waals surface area contributed by atoms with Gasteiger partial charge in [-0.1, -0.05) is 60.7 Å². The molecule has 1 aliphatic carbocycles. The standard InChI is InChI=1S/C24H22O4/c25-23(14-11-17-7-3-1-4-8-17)28-19-12-13-20-22(15-19)27-16-21(24(20)26)18-9-5-2-6-10-18/h1-11,14,16,19-20,22H,12-13,15H2/b14-11+. The molecule has 28 heavy (non-hydrogen) atoms. The highest BCUT2D eigenvalue weighted by Gasteiger charge is 2.41. The Morgan fingerprint density at radius 2 is 1.71 bits per heavy atom. The smallest absolute Gasteiger partial charge is 0.331 e. The molecule has 0 radical (unpaired) electrons. The van der Waals surface area contributed by atoms with Crippen LogP contribution < -0.4 is 0 Å². The summed E-state index contributed by atoms with van der Waals surface area (Å²) < 4.78 is 11.4. The third-order valence-corrected chi connectivity index (χ3v) is 5.29. The molecule has 4 nitrogen and oxygen atoms in total. The highest BCUT2D eigenvalue weighted by atomic mass is 16.5. The van der Waals surface area contributed by atoms with E-state index in [4.69, 9.17) is 9.47 Å². The number of hydrogen-bond donors (Lipinski definition) is 0. The van der Waals surface area contributed by atoms with Crippen LogP contribution in [0.4, 0.5) is 0 Å². The van der Waals surface area contributed by atoms with Crippen molar-refractivity contribution in [2.24, 2.45) is 5.92 Å². The number of ether oxygens (including phenoxy) is 2. The predicted octanol–water partition coefficient (Wildman–Crippen LogP) is 4.42. The molecule has 142 valence electrons. The van der Waals surface area contributed by atoms with Gasteiger partial charge in [0.05, 0.1) is 17.8 Å². The maximum atomic E-state index is 12.9. The van der Waals surface area contributed by atoms with Gasteiger partial charge in [-0.05, 0) is 30.0 Å². The summed E-state index contributed by atoms with van der Waals surface area (Å²) in [6.45, 7) is 0. The lowest BCUT2D eigenvalue weighted by molar-refractivity contribution is -0.148. The molecule has 1 aliphatic heterocycles. The lowest BCUT2D eigenvalue weighted by Gasteiger charge is -2.37. The lowest BCUT2D eigenvalue weighted by atomic mass is 9.78. The van der Waals surface area contributed by atoms with E-state index < -0.39 is 0 Å². The second-order valence-corrected chi connectivity index (χ2v) is 7.16. The summed E-state index contributed by atoms with van der Waals surface area (Å²) in [6.07, 6.45) is 6.17. The molecule has 3 unspecified atom stereocenters. The van der Waals surface area contributed by atoms with Gasteiger partial charge in [0.25, 0.3) is 0 Å². The molecule has 4 heteroatoms. The van der Waals surface area contributed by atoms with E-state index in [-0.39, 0.29) is 29.9 Å². The summed E-state index contributed by atoms with van der Waals surface area (Å²) >= 11 is 0. The summed E-state index contributed by atoms with van der Waals surface area (Å²) in [5.74, 6) is -0.416. The van der Waals surface area contributed by atoms with Crippen LogP contribution in [-0.4, -0.2) is 24.0 Å². The second kappa shape index (κ2) is 8.26. The minimum Gasteiger partial charge on any atom is -0.496 e. The first kappa shape index (κ1) is 18.2. The van der Waals surface area contributed by atoms with E-state index in [2.05, 4.69) is 0 Å². The van der Waals surface area contributed by atoms with E-state index in [9.17, 15) is 9.59 Å². The molecule has 3 atom stereocenters. The number of carbonyl (C=O) groups is 2. The minimum atomic E-state index is -0.366.